The first-order valence-corrected chi connectivity index (χ1v) is 8.83. The van der Waals surface area contributed by atoms with Crippen LogP contribution in [-0.4, -0.2) is 47.7 Å². The molecule has 3 rings (SSSR count). The van der Waals surface area contributed by atoms with Crippen LogP contribution in [0, 0.1) is 11.3 Å². The molecule has 5 heteroatoms. The van der Waals surface area contributed by atoms with Crippen LogP contribution >= 0.6 is 0 Å². The lowest BCUT2D eigenvalue weighted by Crippen LogP contribution is -2.64. The van der Waals surface area contributed by atoms with Gasteiger partial charge in [-0.15, -0.1) is 0 Å². The Balaban J connectivity index is 1.63. The summed E-state index contributed by atoms with van der Waals surface area (Å²) in [6.45, 7) is 6.25. The van der Waals surface area contributed by atoms with Crippen molar-refractivity contribution >= 4 is 5.91 Å². The molecule has 0 bridgehead atoms. The van der Waals surface area contributed by atoms with E-state index in [1.54, 1.807) is 6.07 Å². The van der Waals surface area contributed by atoms with Crippen LogP contribution in [0.25, 0.3) is 0 Å². The van der Waals surface area contributed by atoms with Crippen LogP contribution in [0.2, 0.25) is 0 Å². The van der Waals surface area contributed by atoms with Gasteiger partial charge >= 0.3 is 0 Å². The van der Waals surface area contributed by atoms with Gasteiger partial charge in [0.1, 0.15) is 0 Å². The Morgan fingerprint density at radius 3 is 2.83 bits per heavy atom. The molecule has 2 fully saturated rings. The van der Waals surface area contributed by atoms with Gasteiger partial charge in [-0.3, -0.25) is 4.79 Å². The third kappa shape index (κ3) is 3.08. The van der Waals surface area contributed by atoms with Crippen LogP contribution in [0.1, 0.15) is 42.6 Å². The smallest absolute Gasteiger partial charge is 0.248 e. The van der Waals surface area contributed by atoms with Crippen molar-refractivity contribution in [1.82, 2.24) is 10.2 Å². The number of aliphatic hydroxyl groups excluding tert-OH is 1. The Bertz CT molecular complexity index is 614. The van der Waals surface area contributed by atoms with Gasteiger partial charge < -0.3 is 21.1 Å². The highest BCUT2D eigenvalue weighted by Gasteiger charge is 2.57. The Kier molecular flexibility index (Phi) is 4.69. The number of benzene rings is 1. The van der Waals surface area contributed by atoms with Crippen LogP contribution in [-0.2, 0) is 6.54 Å². The van der Waals surface area contributed by atoms with Crippen molar-refractivity contribution in [2.45, 2.75) is 51.4 Å². The Labute approximate surface area is 144 Å². The van der Waals surface area contributed by atoms with E-state index in [2.05, 4.69) is 31.1 Å². The van der Waals surface area contributed by atoms with Gasteiger partial charge in [0, 0.05) is 36.2 Å². The maximum atomic E-state index is 11.3. The van der Waals surface area contributed by atoms with Crippen molar-refractivity contribution in [3.63, 3.8) is 0 Å². The summed E-state index contributed by atoms with van der Waals surface area (Å²) in [7, 11) is 2.18. The van der Waals surface area contributed by atoms with Crippen molar-refractivity contribution in [1.29, 1.82) is 0 Å². The zero-order valence-corrected chi connectivity index (χ0v) is 14.8. The molecule has 1 heterocycles. The lowest BCUT2D eigenvalue weighted by molar-refractivity contribution is -0.0828. The second kappa shape index (κ2) is 6.47. The number of nitrogens with zero attached hydrogens (tertiary/aromatic N) is 1. The summed E-state index contributed by atoms with van der Waals surface area (Å²) >= 11 is 0. The average molecular weight is 331 g/mol. The molecule has 132 valence electrons. The molecule has 1 aliphatic heterocycles. The second-order valence-corrected chi connectivity index (χ2v) is 7.99. The lowest BCUT2D eigenvalue weighted by Gasteiger charge is -2.57. The van der Waals surface area contributed by atoms with Gasteiger partial charge in [-0.1, -0.05) is 26.0 Å². The van der Waals surface area contributed by atoms with Gasteiger partial charge in [-0.2, -0.15) is 0 Å². The van der Waals surface area contributed by atoms with Gasteiger partial charge in [0.15, 0.2) is 0 Å². The van der Waals surface area contributed by atoms with Crippen LogP contribution in [0.5, 0.6) is 0 Å². The van der Waals surface area contributed by atoms with E-state index < -0.39 is 5.91 Å². The first kappa shape index (κ1) is 17.4. The monoisotopic (exact) mass is 331 g/mol. The van der Waals surface area contributed by atoms with E-state index in [1.165, 1.54) is 0 Å². The average Bonchev–Trinajstić information content (AvgIpc) is 2.82. The first-order valence-electron chi connectivity index (χ1n) is 8.83. The molecule has 0 radical (unpaired) electrons. The third-order valence-corrected chi connectivity index (χ3v) is 5.78. The number of likely N-dealkylation sites (tertiary alicyclic amines) is 1. The van der Waals surface area contributed by atoms with Gasteiger partial charge in [0.25, 0.3) is 0 Å². The Hall–Kier alpha value is -1.43. The molecule has 1 spiro atoms. The highest BCUT2D eigenvalue weighted by atomic mass is 16.3. The summed E-state index contributed by atoms with van der Waals surface area (Å²) in [5.74, 6) is 0.191. The second-order valence-electron chi connectivity index (χ2n) is 7.99. The van der Waals surface area contributed by atoms with E-state index in [0.29, 0.717) is 24.1 Å². The number of hydrogen-bond donors (Lipinski definition) is 3. The molecule has 1 aromatic carbocycles. The highest BCUT2D eigenvalue weighted by molar-refractivity contribution is 5.92. The lowest BCUT2D eigenvalue weighted by atomic mass is 9.66. The number of aliphatic hydroxyl groups is 1. The zero-order chi connectivity index (χ0) is 17.5. The minimum absolute atomic E-state index is 0.109. The summed E-state index contributed by atoms with van der Waals surface area (Å²) in [4.78, 5) is 13.7. The van der Waals surface area contributed by atoms with E-state index in [-0.39, 0.29) is 17.6 Å². The number of primary amides is 1. The Morgan fingerprint density at radius 2 is 2.21 bits per heavy atom. The topological polar surface area (TPSA) is 78.6 Å². The number of amides is 1. The largest absolute Gasteiger partial charge is 0.391 e. The number of rotatable bonds is 5. The maximum absolute atomic E-state index is 11.3. The molecule has 5 nitrogen and oxygen atoms in total. The molecule has 4 N–H and O–H groups in total. The minimum atomic E-state index is -0.408. The van der Waals surface area contributed by atoms with Gasteiger partial charge in [0.05, 0.1) is 6.10 Å². The summed E-state index contributed by atoms with van der Waals surface area (Å²) < 4.78 is 0. The molecular formula is C19H29N3O2. The highest BCUT2D eigenvalue weighted by Crippen LogP contribution is 2.52. The zero-order valence-electron chi connectivity index (χ0n) is 14.8. The van der Waals surface area contributed by atoms with Crippen molar-refractivity contribution < 1.29 is 9.90 Å². The van der Waals surface area contributed by atoms with E-state index in [0.717, 1.165) is 24.9 Å². The molecule has 1 saturated carbocycles. The molecule has 1 aromatic rings. The van der Waals surface area contributed by atoms with Crippen molar-refractivity contribution in [2.75, 3.05) is 13.6 Å². The van der Waals surface area contributed by atoms with E-state index >= 15 is 0 Å². The minimum Gasteiger partial charge on any atom is -0.391 e. The van der Waals surface area contributed by atoms with Gasteiger partial charge in [-0.05, 0) is 43.5 Å². The third-order valence-electron chi connectivity index (χ3n) is 5.78. The van der Waals surface area contributed by atoms with E-state index in [1.807, 2.05) is 18.2 Å². The summed E-state index contributed by atoms with van der Waals surface area (Å²) in [6.07, 6.45) is 1.58. The van der Waals surface area contributed by atoms with Crippen LogP contribution in [0.4, 0.5) is 0 Å². The predicted molar refractivity (Wildman–Crippen MR) is 94.5 cm³/mol. The first-order chi connectivity index (χ1) is 11.3. The molecule has 2 aliphatic rings. The fourth-order valence-corrected chi connectivity index (χ4v) is 5.14. The maximum Gasteiger partial charge on any atom is 0.248 e. The van der Waals surface area contributed by atoms with Crippen LogP contribution < -0.4 is 11.1 Å². The molecule has 1 saturated heterocycles. The number of carbonyl (C=O) groups excluding carboxylic acids is 1. The summed E-state index contributed by atoms with van der Waals surface area (Å²) in [5, 5.41) is 14.0. The number of carbonyl (C=O) groups is 1. The van der Waals surface area contributed by atoms with E-state index in [4.69, 9.17) is 5.73 Å². The standard InChI is InChI=1S/C19H29N3O2/c1-12(2)17-19(11-22(17)3)8-15(16(23)9-19)21-10-13-5-4-6-14(7-13)18(20)24/h4-7,12,15-17,21,23H,8-11H2,1-3H3,(H2,20,24)/t15-,16-,17?,19?/m1/s1. The van der Waals surface area contributed by atoms with Crippen LogP contribution in [0.15, 0.2) is 24.3 Å². The van der Waals surface area contributed by atoms with Crippen LogP contribution in [0.3, 0.4) is 0 Å². The normalized spacial score (nSPS) is 33.1. The van der Waals surface area contributed by atoms with Crippen molar-refractivity contribution in [3.05, 3.63) is 35.4 Å². The SMILES string of the molecule is CC(C)C1N(C)CC12C[C@@H](O)[C@H](NCc1cccc(C(N)=O)c1)C2. The van der Waals surface area contributed by atoms with Gasteiger partial charge in [-0.25, -0.2) is 0 Å². The molecule has 4 atom stereocenters. The molecule has 1 amide bonds. The summed E-state index contributed by atoms with van der Waals surface area (Å²) in [5.41, 5.74) is 7.13. The van der Waals surface area contributed by atoms with Crippen molar-refractivity contribution in [2.24, 2.45) is 17.1 Å². The predicted octanol–water partition coefficient (Wildman–Crippen LogP) is 1.35. The quantitative estimate of drug-likeness (QED) is 0.761. The van der Waals surface area contributed by atoms with Crippen molar-refractivity contribution in [3.8, 4) is 0 Å². The number of hydrogen-bond acceptors (Lipinski definition) is 4. The van der Waals surface area contributed by atoms with E-state index in [9.17, 15) is 9.90 Å². The molecule has 24 heavy (non-hydrogen) atoms. The number of nitrogens with one attached hydrogen (secondary N) is 1. The molecular weight excluding hydrogens is 302 g/mol. The van der Waals surface area contributed by atoms with Gasteiger partial charge in [0.2, 0.25) is 5.91 Å². The number of nitrogens with two attached hydrogens (primary N) is 1. The summed E-state index contributed by atoms with van der Waals surface area (Å²) in [6, 6.07) is 8.03. The fourth-order valence-electron chi connectivity index (χ4n) is 5.14. The molecule has 2 unspecified atom stereocenters. The molecule has 1 aliphatic carbocycles. The Morgan fingerprint density at radius 1 is 1.46 bits per heavy atom. The molecule has 0 aromatic heterocycles. The fraction of sp³-hybridized carbons (Fsp3) is 0.632.